The molecule has 160 valence electrons. The quantitative estimate of drug-likeness (QED) is 0.685. The number of ketones is 1. The van der Waals surface area contributed by atoms with Gasteiger partial charge in [-0.1, -0.05) is 6.92 Å². The molecule has 2 heterocycles. The maximum Gasteiger partial charge on any atom is 0.208 e. The summed E-state index contributed by atoms with van der Waals surface area (Å²) in [5.74, 6) is 0.263. The molecule has 7 nitrogen and oxygen atoms in total. The number of Topliss-reactive ketones (excluding diaryl/α,β-unsaturated/α-hetero) is 1. The molecule has 0 saturated carbocycles. The van der Waals surface area contributed by atoms with E-state index in [0.29, 0.717) is 11.9 Å². The number of carbonyl (C=O) groups excluding carboxylic acids is 1. The SMILES string of the molecule is CCN1CCN(c2cc3[nH]c(C(=O)C(C)(COC)COC)nc3cc2C)[C@H](C)C1. The summed E-state index contributed by atoms with van der Waals surface area (Å²) in [5, 5.41) is 0. The fraction of sp³-hybridized carbons (Fsp3) is 0.636. The number of likely N-dealkylation sites (N-methyl/N-ethyl adjacent to an activating group) is 1. The van der Waals surface area contributed by atoms with Crippen LogP contribution in [0.15, 0.2) is 12.1 Å². The lowest BCUT2D eigenvalue weighted by Gasteiger charge is -2.41. The maximum atomic E-state index is 13.1. The minimum atomic E-state index is -0.778. The van der Waals surface area contributed by atoms with Gasteiger partial charge in [-0.25, -0.2) is 4.98 Å². The molecular formula is C22H34N4O3. The number of benzene rings is 1. The number of rotatable bonds is 8. The molecule has 1 saturated heterocycles. The van der Waals surface area contributed by atoms with Gasteiger partial charge in [0.1, 0.15) is 0 Å². The van der Waals surface area contributed by atoms with Crippen molar-refractivity contribution in [3.8, 4) is 0 Å². The Bertz CT molecular complexity index is 857. The number of carbonyl (C=O) groups is 1. The summed E-state index contributed by atoms with van der Waals surface area (Å²) in [6.45, 7) is 13.2. The second-order valence-electron chi connectivity index (χ2n) is 8.43. The number of methoxy groups -OCH3 is 2. The lowest BCUT2D eigenvalue weighted by atomic mass is 9.87. The third kappa shape index (κ3) is 4.32. The van der Waals surface area contributed by atoms with Crippen LogP contribution in [0.2, 0.25) is 0 Å². The summed E-state index contributed by atoms with van der Waals surface area (Å²) in [5.41, 5.74) is 3.31. The highest BCUT2D eigenvalue weighted by Crippen LogP contribution is 2.30. The molecule has 1 N–H and O–H groups in total. The molecule has 0 amide bonds. The van der Waals surface area contributed by atoms with Crippen molar-refractivity contribution in [1.82, 2.24) is 14.9 Å². The Balaban J connectivity index is 1.92. The molecule has 1 aromatic carbocycles. The van der Waals surface area contributed by atoms with Crippen molar-refractivity contribution in [1.29, 1.82) is 0 Å². The lowest BCUT2D eigenvalue weighted by molar-refractivity contribution is 0.0221. The Morgan fingerprint density at radius 3 is 2.55 bits per heavy atom. The van der Waals surface area contributed by atoms with E-state index in [2.05, 4.69) is 52.7 Å². The van der Waals surface area contributed by atoms with Crippen LogP contribution in [0.25, 0.3) is 11.0 Å². The summed E-state index contributed by atoms with van der Waals surface area (Å²) in [6, 6.07) is 4.65. The zero-order valence-electron chi connectivity index (χ0n) is 18.5. The van der Waals surface area contributed by atoms with E-state index in [1.54, 1.807) is 14.2 Å². The van der Waals surface area contributed by atoms with Crippen molar-refractivity contribution in [2.45, 2.75) is 33.7 Å². The number of fused-ring (bicyclic) bond motifs is 1. The summed E-state index contributed by atoms with van der Waals surface area (Å²) in [7, 11) is 3.18. The topological polar surface area (TPSA) is 70.7 Å². The number of aromatic amines is 1. The van der Waals surface area contributed by atoms with Crippen LogP contribution in [0, 0.1) is 12.3 Å². The molecule has 1 aliphatic rings. The number of nitrogens with zero attached hydrogens (tertiary/aromatic N) is 3. The largest absolute Gasteiger partial charge is 0.384 e. The van der Waals surface area contributed by atoms with Gasteiger partial charge in [-0.05, 0) is 45.0 Å². The van der Waals surface area contributed by atoms with E-state index in [1.165, 1.54) is 11.3 Å². The molecule has 0 bridgehead atoms. The fourth-order valence-electron chi connectivity index (χ4n) is 4.34. The summed E-state index contributed by atoms with van der Waals surface area (Å²) in [4.78, 5) is 25.9. The van der Waals surface area contributed by atoms with Crippen molar-refractivity contribution >= 4 is 22.5 Å². The number of H-pyrrole nitrogens is 1. The molecule has 0 aliphatic carbocycles. The van der Waals surface area contributed by atoms with Crippen LogP contribution >= 0.6 is 0 Å². The van der Waals surface area contributed by atoms with E-state index in [4.69, 9.17) is 9.47 Å². The van der Waals surface area contributed by atoms with Crippen LogP contribution in [0.1, 0.15) is 37.0 Å². The molecule has 1 aliphatic heterocycles. The van der Waals surface area contributed by atoms with E-state index in [1.807, 2.05) is 6.92 Å². The minimum Gasteiger partial charge on any atom is -0.384 e. The molecule has 1 atom stereocenters. The third-order valence-electron chi connectivity index (χ3n) is 5.96. The summed E-state index contributed by atoms with van der Waals surface area (Å²) >= 11 is 0. The number of imidazole rings is 1. The molecule has 0 radical (unpaired) electrons. The minimum absolute atomic E-state index is 0.0958. The molecule has 29 heavy (non-hydrogen) atoms. The number of ether oxygens (including phenoxy) is 2. The Labute approximate surface area is 173 Å². The van der Waals surface area contributed by atoms with Gasteiger partial charge >= 0.3 is 0 Å². The summed E-state index contributed by atoms with van der Waals surface area (Å²) in [6.07, 6.45) is 0. The second-order valence-corrected chi connectivity index (χ2v) is 8.43. The number of aryl methyl sites for hydroxylation is 1. The first-order valence-corrected chi connectivity index (χ1v) is 10.3. The number of anilines is 1. The Morgan fingerprint density at radius 2 is 1.97 bits per heavy atom. The molecule has 0 spiro atoms. The van der Waals surface area contributed by atoms with Gasteiger partial charge in [0.25, 0.3) is 0 Å². The van der Waals surface area contributed by atoms with E-state index >= 15 is 0 Å². The van der Waals surface area contributed by atoms with Gasteiger partial charge in [0.15, 0.2) is 5.82 Å². The first-order valence-electron chi connectivity index (χ1n) is 10.3. The van der Waals surface area contributed by atoms with Crippen LogP contribution in [0.3, 0.4) is 0 Å². The molecule has 2 aromatic rings. The molecule has 1 fully saturated rings. The molecule has 1 aromatic heterocycles. The van der Waals surface area contributed by atoms with Crippen molar-refractivity contribution < 1.29 is 14.3 Å². The average Bonchev–Trinajstić information content (AvgIpc) is 3.09. The fourth-order valence-corrected chi connectivity index (χ4v) is 4.34. The zero-order valence-corrected chi connectivity index (χ0v) is 18.5. The third-order valence-corrected chi connectivity index (χ3v) is 5.96. The van der Waals surface area contributed by atoms with Crippen LogP contribution in [0.4, 0.5) is 5.69 Å². The van der Waals surface area contributed by atoms with E-state index in [-0.39, 0.29) is 19.0 Å². The number of hydrogen-bond acceptors (Lipinski definition) is 6. The Kier molecular flexibility index (Phi) is 6.61. The van der Waals surface area contributed by atoms with Crippen LogP contribution in [-0.2, 0) is 9.47 Å². The molecule has 3 rings (SSSR count). The smallest absolute Gasteiger partial charge is 0.208 e. The van der Waals surface area contributed by atoms with Gasteiger partial charge in [-0.15, -0.1) is 0 Å². The van der Waals surface area contributed by atoms with E-state index < -0.39 is 5.41 Å². The van der Waals surface area contributed by atoms with Crippen LogP contribution in [-0.4, -0.2) is 80.3 Å². The molecule has 0 unspecified atom stereocenters. The monoisotopic (exact) mass is 402 g/mol. The van der Waals surface area contributed by atoms with Crippen molar-refractivity contribution in [2.24, 2.45) is 5.41 Å². The number of hydrogen-bond donors (Lipinski definition) is 1. The van der Waals surface area contributed by atoms with Crippen molar-refractivity contribution in [3.63, 3.8) is 0 Å². The maximum absolute atomic E-state index is 13.1. The predicted octanol–water partition coefficient (Wildman–Crippen LogP) is 2.88. The van der Waals surface area contributed by atoms with Gasteiger partial charge in [0.2, 0.25) is 5.78 Å². The van der Waals surface area contributed by atoms with Gasteiger partial charge in [-0.3, -0.25) is 9.69 Å². The highest BCUT2D eigenvalue weighted by Gasteiger charge is 2.36. The number of aromatic nitrogens is 2. The lowest BCUT2D eigenvalue weighted by Crippen LogP contribution is -2.52. The van der Waals surface area contributed by atoms with Gasteiger partial charge in [0.05, 0.1) is 29.7 Å². The first kappa shape index (κ1) is 21.7. The Hall–Kier alpha value is -1.96. The van der Waals surface area contributed by atoms with Crippen molar-refractivity contribution in [3.05, 3.63) is 23.5 Å². The normalized spacial score (nSPS) is 18.6. The molecule has 7 heteroatoms. The number of piperazine rings is 1. The predicted molar refractivity (Wildman–Crippen MR) is 116 cm³/mol. The van der Waals surface area contributed by atoms with Crippen LogP contribution in [0.5, 0.6) is 0 Å². The Morgan fingerprint density at radius 1 is 1.28 bits per heavy atom. The van der Waals surface area contributed by atoms with Gasteiger partial charge in [-0.2, -0.15) is 0 Å². The highest BCUT2D eigenvalue weighted by atomic mass is 16.5. The van der Waals surface area contributed by atoms with E-state index in [0.717, 1.165) is 37.2 Å². The number of nitrogens with one attached hydrogen (secondary N) is 1. The van der Waals surface area contributed by atoms with Gasteiger partial charge in [0, 0.05) is 45.6 Å². The first-order chi connectivity index (χ1) is 13.8. The van der Waals surface area contributed by atoms with E-state index in [9.17, 15) is 4.79 Å². The standard InChI is InChI=1S/C22H34N4O3/c1-7-25-8-9-26(16(3)12-25)19-11-18-17(10-15(19)2)23-21(24-18)20(27)22(4,13-28-5)14-29-6/h10-11,16H,7-9,12-14H2,1-6H3,(H,23,24)/t16-/m1/s1. The summed E-state index contributed by atoms with van der Waals surface area (Å²) < 4.78 is 10.5. The molecular weight excluding hydrogens is 368 g/mol. The second kappa shape index (κ2) is 8.81. The van der Waals surface area contributed by atoms with Crippen LogP contribution < -0.4 is 4.90 Å². The average molecular weight is 403 g/mol. The zero-order chi connectivity index (χ0) is 21.2. The van der Waals surface area contributed by atoms with Gasteiger partial charge < -0.3 is 19.4 Å². The van der Waals surface area contributed by atoms with Crippen molar-refractivity contribution in [2.75, 3.05) is 58.5 Å². The highest BCUT2D eigenvalue weighted by molar-refractivity contribution is 6.00.